The molecule has 0 atom stereocenters. The van der Waals surface area contributed by atoms with E-state index in [1.165, 1.54) is 18.2 Å². The normalized spacial score (nSPS) is 16.4. The van der Waals surface area contributed by atoms with Crippen LogP contribution in [0.15, 0.2) is 72.8 Å². The van der Waals surface area contributed by atoms with E-state index in [2.05, 4.69) is 0 Å². The van der Waals surface area contributed by atoms with Crippen LogP contribution in [0.25, 0.3) is 45.2 Å². The zero-order valence-corrected chi connectivity index (χ0v) is 19.8. The Morgan fingerprint density at radius 1 is 0.583 bits per heavy atom. The van der Waals surface area contributed by atoms with Gasteiger partial charge in [0.1, 0.15) is 11.5 Å². The number of hydrogen-bond donors (Lipinski definition) is 2. The van der Waals surface area contributed by atoms with Crippen molar-refractivity contribution < 1.29 is 19.8 Å². The van der Waals surface area contributed by atoms with Crippen molar-refractivity contribution in [2.75, 3.05) is 0 Å². The number of benzene rings is 4. The Kier molecular flexibility index (Phi) is 4.80. The number of fused-ring (bicyclic) bond motifs is 3. The molecule has 0 saturated carbocycles. The third-order valence-corrected chi connectivity index (χ3v) is 6.93. The molecule has 0 fully saturated rings. The Labute approximate surface area is 208 Å². The van der Waals surface area contributed by atoms with Crippen molar-refractivity contribution in [2.45, 2.75) is 13.8 Å². The first kappa shape index (κ1) is 21.8. The van der Waals surface area contributed by atoms with Crippen LogP contribution in [-0.2, 0) is 9.59 Å². The van der Waals surface area contributed by atoms with E-state index in [-0.39, 0.29) is 23.1 Å². The largest absolute Gasteiger partial charge is 0.507 e. The van der Waals surface area contributed by atoms with Crippen LogP contribution in [0, 0.1) is 13.8 Å². The number of carbonyl (C=O) groups is 2. The van der Waals surface area contributed by atoms with E-state index in [1.54, 1.807) is 24.3 Å². The summed E-state index contributed by atoms with van der Waals surface area (Å²) < 4.78 is 0. The van der Waals surface area contributed by atoms with Gasteiger partial charge < -0.3 is 10.2 Å². The van der Waals surface area contributed by atoms with Gasteiger partial charge in [-0.2, -0.15) is 0 Å². The topological polar surface area (TPSA) is 74.6 Å². The lowest BCUT2D eigenvalue weighted by atomic mass is 9.78. The molecule has 0 spiro atoms. The highest BCUT2D eigenvalue weighted by Crippen LogP contribution is 2.48. The summed E-state index contributed by atoms with van der Waals surface area (Å²) in [6.07, 6.45) is 6.35. The average Bonchev–Trinajstić information content (AvgIpc) is 2.85. The minimum Gasteiger partial charge on any atom is -0.507 e. The number of ketones is 2. The van der Waals surface area contributed by atoms with Gasteiger partial charge in [0.05, 0.1) is 0 Å². The molecule has 36 heavy (non-hydrogen) atoms. The SMILES string of the molecule is Cc1ccc2c(c1)/C(=C1\C(=O)C=Cc3c1ccc(O)c3-c1c(O)ccc3ccc(C)cc13)C(=O)C=C2. The monoisotopic (exact) mass is 470 g/mol. The molecule has 0 aliphatic heterocycles. The Hall–Kier alpha value is -4.70. The number of carbonyl (C=O) groups excluding carboxylic acids is 2. The molecule has 0 bridgehead atoms. The number of rotatable bonds is 1. The van der Waals surface area contributed by atoms with Crippen molar-refractivity contribution >= 4 is 45.6 Å². The molecule has 4 heteroatoms. The highest BCUT2D eigenvalue weighted by Gasteiger charge is 2.31. The van der Waals surface area contributed by atoms with Gasteiger partial charge in [-0.3, -0.25) is 9.59 Å². The molecular weight excluding hydrogens is 448 g/mol. The predicted molar refractivity (Wildman–Crippen MR) is 144 cm³/mol. The molecule has 6 rings (SSSR count). The predicted octanol–water partition coefficient (Wildman–Crippen LogP) is 6.64. The summed E-state index contributed by atoms with van der Waals surface area (Å²) in [4.78, 5) is 26.5. The van der Waals surface area contributed by atoms with Gasteiger partial charge in [0.2, 0.25) is 0 Å². The third kappa shape index (κ3) is 3.23. The summed E-state index contributed by atoms with van der Waals surface area (Å²) in [7, 11) is 0. The van der Waals surface area contributed by atoms with Crippen molar-refractivity contribution in [3.63, 3.8) is 0 Å². The number of phenols is 2. The van der Waals surface area contributed by atoms with Crippen LogP contribution in [-0.4, -0.2) is 21.8 Å². The smallest absolute Gasteiger partial charge is 0.187 e. The first-order chi connectivity index (χ1) is 17.3. The third-order valence-electron chi connectivity index (χ3n) is 6.93. The van der Waals surface area contributed by atoms with E-state index >= 15 is 0 Å². The van der Waals surface area contributed by atoms with E-state index in [0.29, 0.717) is 39.0 Å². The molecule has 2 aliphatic rings. The second-order valence-corrected chi connectivity index (χ2v) is 9.34. The molecule has 0 radical (unpaired) electrons. The number of aryl methyl sites for hydroxylation is 2. The van der Waals surface area contributed by atoms with Crippen molar-refractivity contribution in [3.05, 3.63) is 106 Å². The van der Waals surface area contributed by atoms with Crippen LogP contribution in [0.2, 0.25) is 0 Å². The average molecular weight is 471 g/mol. The van der Waals surface area contributed by atoms with Crippen LogP contribution >= 0.6 is 0 Å². The van der Waals surface area contributed by atoms with E-state index in [0.717, 1.165) is 27.5 Å². The first-order valence-electron chi connectivity index (χ1n) is 11.7. The molecule has 174 valence electrons. The van der Waals surface area contributed by atoms with Crippen molar-refractivity contribution in [1.82, 2.24) is 0 Å². The Morgan fingerprint density at radius 3 is 2.00 bits per heavy atom. The van der Waals surface area contributed by atoms with E-state index in [1.807, 2.05) is 56.3 Å². The van der Waals surface area contributed by atoms with Crippen LogP contribution in [0.3, 0.4) is 0 Å². The van der Waals surface area contributed by atoms with E-state index in [9.17, 15) is 19.8 Å². The molecule has 0 saturated heterocycles. The maximum Gasteiger partial charge on any atom is 0.187 e. The van der Waals surface area contributed by atoms with Gasteiger partial charge in [-0.15, -0.1) is 0 Å². The van der Waals surface area contributed by atoms with E-state index in [4.69, 9.17) is 0 Å². The fourth-order valence-electron chi connectivity index (χ4n) is 5.25. The minimum absolute atomic E-state index is 0.0208. The van der Waals surface area contributed by atoms with Gasteiger partial charge in [-0.05, 0) is 83.3 Å². The zero-order valence-electron chi connectivity index (χ0n) is 19.8. The number of aromatic hydroxyl groups is 2. The van der Waals surface area contributed by atoms with Crippen molar-refractivity contribution in [1.29, 1.82) is 0 Å². The van der Waals surface area contributed by atoms with Gasteiger partial charge in [0.15, 0.2) is 11.6 Å². The zero-order chi connectivity index (χ0) is 25.1. The summed E-state index contributed by atoms with van der Waals surface area (Å²) in [6.45, 7) is 3.92. The van der Waals surface area contributed by atoms with Crippen molar-refractivity contribution in [3.8, 4) is 22.6 Å². The number of allylic oxidation sites excluding steroid dienone is 4. The summed E-state index contributed by atoms with van der Waals surface area (Å²) in [5.41, 5.74) is 6.26. The molecule has 2 aliphatic carbocycles. The molecule has 0 aromatic heterocycles. The molecule has 0 unspecified atom stereocenters. The minimum atomic E-state index is -0.275. The first-order valence-corrected chi connectivity index (χ1v) is 11.7. The van der Waals surface area contributed by atoms with Crippen LogP contribution in [0.5, 0.6) is 11.5 Å². The highest BCUT2D eigenvalue weighted by atomic mass is 16.3. The van der Waals surface area contributed by atoms with Gasteiger partial charge in [0, 0.05) is 22.3 Å². The molecule has 4 aromatic carbocycles. The van der Waals surface area contributed by atoms with Gasteiger partial charge in [-0.25, -0.2) is 0 Å². The van der Waals surface area contributed by atoms with Crippen LogP contribution < -0.4 is 0 Å². The summed E-state index contributed by atoms with van der Waals surface area (Å²) in [5.74, 6) is -0.513. The summed E-state index contributed by atoms with van der Waals surface area (Å²) >= 11 is 0. The maximum absolute atomic E-state index is 13.3. The second-order valence-electron chi connectivity index (χ2n) is 9.34. The van der Waals surface area contributed by atoms with Gasteiger partial charge in [0.25, 0.3) is 0 Å². The molecule has 4 nitrogen and oxygen atoms in total. The second kappa shape index (κ2) is 7.92. The lowest BCUT2D eigenvalue weighted by Crippen LogP contribution is -2.14. The number of hydrogen-bond acceptors (Lipinski definition) is 4. The van der Waals surface area contributed by atoms with Crippen molar-refractivity contribution in [2.24, 2.45) is 0 Å². The van der Waals surface area contributed by atoms with Crippen LogP contribution in [0.4, 0.5) is 0 Å². The molecule has 4 aromatic rings. The summed E-state index contributed by atoms with van der Waals surface area (Å²) in [5, 5.41) is 23.7. The lowest BCUT2D eigenvalue weighted by molar-refractivity contribution is -0.111. The fourth-order valence-corrected chi connectivity index (χ4v) is 5.25. The van der Waals surface area contributed by atoms with Crippen LogP contribution in [0.1, 0.15) is 33.4 Å². The lowest BCUT2D eigenvalue weighted by Gasteiger charge is -2.24. The van der Waals surface area contributed by atoms with Gasteiger partial charge in [-0.1, -0.05) is 59.7 Å². The molecular formula is C32H22O4. The van der Waals surface area contributed by atoms with E-state index < -0.39 is 0 Å². The highest BCUT2D eigenvalue weighted by molar-refractivity contribution is 6.47. The number of phenolic OH excluding ortho intramolecular Hbond substituents is 2. The quantitative estimate of drug-likeness (QED) is 0.306. The Balaban J connectivity index is 1.71. The maximum atomic E-state index is 13.3. The Bertz CT molecular complexity index is 1740. The Morgan fingerprint density at radius 2 is 1.19 bits per heavy atom. The fraction of sp³-hybridized carbons (Fsp3) is 0.0625. The van der Waals surface area contributed by atoms with Gasteiger partial charge >= 0.3 is 0 Å². The summed E-state index contributed by atoms with van der Waals surface area (Å²) in [6, 6.07) is 18.4. The standard InChI is InChI=1S/C32H22O4/c1-17-3-5-19-7-11-25(33)31(23(19)15-17)29-21-9-14-28(36)30(22(21)10-13-27(29)35)32-24-16-18(2)4-6-20(24)8-12-26(32)34/h3-16,33,35H,1-2H3/b32-30+. The molecule has 0 amide bonds. The molecule has 2 N–H and O–H groups in total. The molecule has 0 heterocycles.